The first kappa shape index (κ1) is 17.8. The second-order valence-corrected chi connectivity index (χ2v) is 9.60. The van der Waals surface area contributed by atoms with Crippen LogP contribution in [0.3, 0.4) is 0 Å². The summed E-state index contributed by atoms with van der Waals surface area (Å²) in [6.45, 7) is 6.75. The zero-order valence-electron chi connectivity index (χ0n) is 14.8. The zero-order chi connectivity index (χ0) is 18.9. The Kier molecular flexibility index (Phi) is 4.23. The summed E-state index contributed by atoms with van der Waals surface area (Å²) in [5.41, 5.74) is 6.37. The Hall–Kier alpha value is -1.22. The molecule has 0 amide bonds. The van der Waals surface area contributed by atoms with Crippen molar-refractivity contribution in [2.45, 2.75) is 33.1 Å². The number of aryl methyl sites for hydroxylation is 1. The highest BCUT2D eigenvalue weighted by molar-refractivity contribution is 9.11. The van der Waals surface area contributed by atoms with Gasteiger partial charge in [0.05, 0.1) is 23.5 Å². The van der Waals surface area contributed by atoms with E-state index in [1.807, 2.05) is 0 Å². The second-order valence-electron chi connectivity index (χ2n) is 6.83. The Morgan fingerprint density at radius 1 is 0.852 bits per heavy atom. The standard InChI is InChI=1S/C19H14Br2N4S2/c1-4-7(2)13-8(3)9-5-11(20)16-18(24-26-22-16)14(9)15-10(13)6-12(21)17-19(15)25-27-23-17/h5-7H,4H2,1-3H3. The van der Waals surface area contributed by atoms with Gasteiger partial charge in [0, 0.05) is 19.7 Å². The summed E-state index contributed by atoms with van der Waals surface area (Å²) in [6.07, 6.45) is 1.08. The van der Waals surface area contributed by atoms with Gasteiger partial charge in [0.2, 0.25) is 0 Å². The maximum Gasteiger partial charge on any atom is 0.119 e. The summed E-state index contributed by atoms with van der Waals surface area (Å²) in [5, 5.41) is 4.72. The van der Waals surface area contributed by atoms with Crippen LogP contribution in [0.15, 0.2) is 21.1 Å². The third-order valence-electron chi connectivity index (χ3n) is 5.44. The fourth-order valence-corrected chi connectivity index (χ4v) is 6.39. The Morgan fingerprint density at radius 3 is 1.89 bits per heavy atom. The van der Waals surface area contributed by atoms with E-state index in [0.29, 0.717) is 5.92 Å². The summed E-state index contributed by atoms with van der Waals surface area (Å²) < 4.78 is 20.3. The number of benzene rings is 3. The first-order valence-corrected chi connectivity index (χ1v) is 11.7. The monoisotopic (exact) mass is 520 g/mol. The number of nitrogens with zero attached hydrogens (tertiary/aromatic N) is 4. The summed E-state index contributed by atoms with van der Waals surface area (Å²) >= 11 is 9.92. The maximum atomic E-state index is 4.67. The Morgan fingerprint density at radius 2 is 1.33 bits per heavy atom. The molecule has 0 saturated carbocycles. The van der Waals surface area contributed by atoms with Gasteiger partial charge in [-0.15, -0.1) is 0 Å². The predicted molar refractivity (Wildman–Crippen MR) is 122 cm³/mol. The van der Waals surface area contributed by atoms with Gasteiger partial charge in [0.25, 0.3) is 0 Å². The first-order valence-electron chi connectivity index (χ1n) is 8.64. The number of hydrogen-bond donors (Lipinski definition) is 0. The van der Waals surface area contributed by atoms with Crippen molar-refractivity contribution in [2.24, 2.45) is 0 Å². The minimum absolute atomic E-state index is 0.441. The van der Waals surface area contributed by atoms with Crippen LogP contribution in [0.4, 0.5) is 0 Å². The van der Waals surface area contributed by atoms with Gasteiger partial charge in [0.1, 0.15) is 22.1 Å². The van der Waals surface area contributed by atoms with Gasteiger partial charge in [-0.3, -0.25) is 0 Å². The van der Waals surface area contributed by atoms with E-state index in [0.717, 1.165) is 48.2 Å². The molecule has 136 valence electrons. The van der Waals surface area contributed by atoms with E-state index in [9.17, 15) is 0 Å². The molecule has 0 fully saturated rings. The van der Waals surface area contributed by atoms with Crippen molar-refractivity contribution >= 4 is 98.9 Å². The Labute approximate surface area is 180 Å². The topological polar surface area (TPSA) is 51.6 Å². The highest BCUT2D eigenvalue weighted by Crippen LogP contribution is 2.45. The normalized spacial score (nSPS) is 13.4. The molecule has 0 spiro atoms. The van der Waals surface area contributed by atoms with Crippen LogP contribution in [0, 0.1) is 6.92 Å². The van der Waals surface area contributed by atoms with Crippen molar-refractivity contribution < 1.29 is 0 Å². The number of rotatable bonds is 2. The fraction of sp³-hybridized carbons (Fsp3) is 0.263. The minimum Gasteiger partial charge on any atom is -0.172 e. The van der Waals surface area contributed by atoms with Crippen LogP contribution in [-0.4, -0.2) is 17.5 Å². The van der Waals surface area contributed by atoms with Gasteiger partial charge >= 0.3 is 0 Å². The predicted octanol–water partition coefficient (Wildman–Crippen LogP) is 7.35. The van der Waals surface area contributed by atoms with E-state index in [1.165, 1.54) is 45.4 Å². The van der Waals surface area contributed by atoms with Gasteiger partial charge in [-0.25, -0.2) is 0 Å². The molecule has 1 atom stereocenters. The molecule has 2 aromatic heterocycles. The number of hydrogen-bond acceptors (Lipinski definition) is 6. The van der Waals surface area contributed by atoms with Crippen LogP contribution in [0.2, 0.25) is 0 Å². The van der Waals surface area contributed by atoms with Crippen LogP contribution < -0.4 is 0 Å². The molecule has 4 nitrogen and oxygen atoms in total. The van der Waals surface area contributed by atoms with Crippen LogP contribution in [0.5, 0.6) is 0 Å². The average molecular weight is 522 g/mol. The molecule has 0 radical (unpaired) electrons. The quantitative estimate of drug-likeness (QED) is 0.228. The second kappa shape index (κ2) is 6.40. The van der Waals surface area contributed by atoms with Crippen LogP contribution in [-0.2, 0) is 0 Å². The van der Waals surface area contributed by atoms with E-state index < -0.39 is 0 Å². The van der Waals surface area contributed by atoms with Gasteiger partial charge in [-0.05, 0) is 85.2 Å². The molecule has 2 heterocycles. The van der Waals surface area contributed by atoms with Crippen molar-refractivity contribution in [1.29, 1.82) is 0 Å². The van der Waals surface area contributed by atoms with Crippen molar-refractivity contribution in [3.05, 3.63) is 32.2 Å². The molecule has 0 aliphatic heterocycles. The lowest BCUT2D eigenvalue weighted by atomic mass is 9.84. The molecule has 1 unspecified atom stereocenters. The van der Waals surface area contributed by atoms with Crippen molar-refractivity contribution in [3.8, 4) is 0 Å². The molecule has 0 aliphatic rings. The van der Waals surface area contributed by atoms with Gasteiger partial charge in [0.15, 0.2) is 0 Å². The van der Waals surface area contributed by atoms with E-state index in [4.69, 9.17) is 0 Å². The molecule has 27 heavy (non-hydrogen) atoms. The zero-order valence-corrected chi connectivity index (χ0v) is 19.6. The molecule has 0 saturated heterocycles. The van der Waals surface area contributed by atoms with Gasteiger partial charge in [-0.2, -0.15) is 17.5 Å². The molecule has 5 rings (SSSR count). The molecular weight excluding hydrogens is 508 g/mol. The molecule has 5 aromatic rings. The average Bonchev–Trinajstić information content (AvgIpc) is 3.32. The van der Waals surface area contributed by atoms with Crippen molar-refractivity contribution in [2.75, 3.05) is 0 Å². The minimum atomic E-state index is 0.441. The van der Waals surface area contributed by atoms with Crippen LogP contribution in [0.25, 0.3) is 43.6 Å². The van der Waals surface area contributed by atoms with Crippen molar-refractivity contribution in [3.63, 3.8) is 0 Å². The highest BCUT2D eigenvalue weighted by Gasteiger charge is 2.23. The van der Waals surface area contributed by atoms with Crippen LogP contribution in [0.1, 0.15) is 37.3 Å². The number of halogens is 2. The lowest BCUT2D eigenvalue weighted by molar-refractivity contribution is 0.736. The summed E-state index contributed by atoms with van der Waals surface area (Å²) in [7, 11) is 0. The summed E-state index contributed by atoms with van der Waals surface area (Å²) in [4.78, 5) is 0. The lowest BCUT2D eigenvalue weighted by Gasteiger charge is -2.20. The Bertz CT molecular complexity index is 1370. The fourth-order valence-electron chi connectivity index (χ4n) is 4.01. The summed E-state index contributed by atoms with van der Waals surface area (Å²) in [5.74, 6) is 0.441. The van der Waals surface area contributed by atoms with E-state index in [2.05, 4.69) is 82.3 Å². The van der Waals surface area contributed by atoms with E-state index >= 15 is 0 Å². The van der Waals surface area contributed by atoms with Crippen molar-refractivity contribution in [1.82, 2.24) is 17.5 Å². The third kappa shape index (κ3) is 2.43. The SMILES string of the molecule is CCC(C)c1c(C)c2cc(Br)c3nsnc3c2c2c1cc(Br)c1nsnc12. The van der Waals surface area contributed by atoms with Crippen LogP contribution >= 0.6 is 55.3 Å². The molecule has 8 heteroatoms. The maximum absolute atomic E-state index is 4.67. The van der Waals surface area contributed by atoms with E-state index in [-0.39, 0.29) is 0 Å². The smallest absolute Gasteiger partial charge is 0.119 e. The molecule has 0 aliphatic carbocycles. The first-order chi connectivity index (χ1) is 13.0. The summed E-state index contributed by atoms with van der Waals surface area (Å²) in [6, 6.07) is 4.40. The largest absolute Gasteiger partial charge is 0.172 e. The molecular formula is C19H14Br2N4S2. The van der Waals surface area contributed by atoms with E-state index in [1.54, 1.807) is 0 Å². The highest BCUT2D eigenvalue weighted by atomic mass is 79.9. The lowest BCUT2D eigenvalue weighted by Crippen LogP contribution is -2.00. The molecule has 0 bridgehead atoms. The van der Waals surface area contributed by atoms with Gasteiger partial charge < -0.3 is 0 Å². The molecule has 0 N–H and O–H groups in total. The Balaban J connectivity index is 2.20. The number of fused-ring (bicyclic) bond motifs is 7. The van der Waals surface area contributed by atoms with Gasteiger partial charge in [-0.1, -0.05) is 13.8 Å². The molecule has 3 aromatic carbocycles. The number of aromatic nitrogens is 4. The third-order valence-corrected chi connectivity index (χ3v) is 7.70.